The van der Waals surface area contributed by atoms with Crippen molar-refractivity contribution in [1.82, 2.24) is 0 Å². The minimum atomic E-state index is -0.557. The van der Waals surface area contributed by atoms with E-state index in [0.29, 0.717) is 12.2 Å². The molecule has 0 saturated carbocycles. The highest BCUT2D eigenvalue weighted by Crippen LogP contribution is 2.27. The number of nitrogens with two attached hydrogens (primary N) is 1. The number of aliphatic hydroxyl groups is 1. The first kappa shape index (κ1) is 9.98. The van der Waals surface area contributed by atoms with E-state index < -0.39 is 6.10 Å². The van der Waals surface area contributed by atoms with Crippen molar-refractivity contribution in [1.29, 1.82) is 0 Å². The quantitative estimate of drug-likeness (QED) is 0.664. The molecule has 1 aliphatic heterocycles. The number of carbonyl (C=O) groups is 1. The minimum Gasteiger partial charge on any atom is -0.399 e. The molecule has 80 valence electrons. The van der Waals surface area contributed by atoms with Gasteiger partial charge in [-0.2, -0.15) is 0 Å². The predicted octanol–water partition coefficient (Wildman–Crippen LogP) is 0.675. The number of benzene rings is 1. The minimum absolute atomic E-state index is 0.0452. The van der Waals surface area contributed by atoms with E-state index in [2.05, 4.69) is 0 Å². The highest BCUT2D eigenvalue weighted by Gasteiger charge is 2.29. The van der Waals surface area contributed by atoms with Gasteiger partial charge in [-0.15, -0.1) is 0 Å². The molecule has 0 aliphatic carbocycles. The lowest BCUT2D eigenvalue weighted by molar-refractivity contribution is -0.117. The Bertz CT molecular complexity index is 404. The van der Waals surface area contributed by atoms with Crippen LogP contribution >= 0.6 is 0 Å². The van der Waals surface area contributed by atoms with Crippen molar-refractivity contribution in [2.45, 2.75) is 19.4 Å². The Morgan fingerprint density at radius 2 is 2.27 bits per heavy atom. The lowest BCUT2D eigenvalue weighted by Crippen LogP contribution is -2.26. The SMILES string of the molecule is Cc1ccc(N)cc1N1CC(O)CC1=O. The lowest BCUT2D eigenvalue weighted by Gasteiger charge is -2.18. The summed E-state index contributed by atoms with van der Waals surface area (Å²) in [6, 6.07) is 5.45. The Hall–Kier alpha value is -1.55. The number of amides is 1. The zero-order valence-corrected chi connectivity index (χ0v) is 8.60. The summed E-state index contributed by atoms with van der Waals surface area (Å²) in [5.41, 5.74) is 8.10. The number of aliphatic hydroxyl groups excluding tert-OH is 1. The van der Waals surface area contributed by atoms with Crippen molar-refractivity contribution in [2.24, 2.45) is 0 Å². The van der Waals surface area contributed by atoms with E-state index in [1.165, 1.54) is 0 Å². The van der Waals surface area contributed by atoms with Gasteiger partial charge < -0.3 is 15.7 Å². The first-order valence-electron chi connectivity index (χ1n) is 4.92. The molecule has 1 atom stereocenters. The Balaban J connectivity index is 2.37. The van der Waals surface area contributed by atoms with Crippen LogP contribution in [-0.2, 0) is 4.79 Å². The molecule has 1 saturated heterocycles. The molecular weight excluding hydrogens is 192 g/mol. The van der Waals surface area contributed by atoms with Crippen LogP contribution in [0.4, 0.5) is 11.4 Å². The smallest absolute Gasteiger partial charge is 0.229 e. The molecule has 1 aliphatic rings. The van der Waals surface area contributed by atoms with Gasteiger partial charge in [-0.25, -0.2) is 0 Å². The molecule has 3 N–H and O–H groups in total. The third-order valence-electron chi connectivity index (χ3n) is 2.63. The van der Waals surface area contributed by atoms with Gasteiger partial charge in [0.05, 0.1) is 19.1 Å². The average Bonchev–Trinajstić information content (AvgIpc) is 2.50. The van der Waals surface area contributed by atoms with Gasteiger partial charge in [-0.3, -0.25) is 4.79 Å². The molecule has 1 aromatic carbocycles. The van der Waals surface area contributed by atoms with Crippen molar-refractivity contribution in [3.8, 4) is 0 Å². The van der Waals surface area contributed by atoms with Gasteiger partial charge in [-0.05, 0) is 24.6 Å². The zero-order valence-electron chi connectivity index (χ0n) is 8.60. The van der Waals surface area contributed by atoms with Crippen LogP contribution in [0.2, 0.25) is 0 Å². The number of carbonyl (C=O) groups excluding carboxylic acids is 1. The maximum absolute atomic E-state index is 11.6. The Labute approximate surface area is 88.3 Å². The van der Waals surface area contributed by atoms with Crippen molar-refractivity contribution in [3.63, 3.8) is 0 Å². The highest BCUT2D eigenvalue weighted by molar-refractivity contribution is 5.97. The summed E-state index contributed by atoms with van der Waals surface area (Å²) in [5, 5.41) is 9.40. The number of anilines is 2. The van der Waals surface area contributed by atoms with Gasteiger partial charge in [0, 0.05) is 11.4 Å². The molecule has 1 amide bonds. The number of nitrogens with zero attached hydrogens (tertiary/aromatic N) is 1. The van der Waals surface area contributed by atoms with Crippen LogP contribution in [0.5, 0.6) is 0 Å². The second-order valence-corrected chi connectivity index (χ2v) is 3.91. The van der Waals surface area contributed by atoms with E-state index in [1.54, 1.807) is 17.0 Å². The molecule has 1 aromatic rings. The zero-order chi connectivity index (χ0) is 11.0. The van der Waals surface area contributed by atoms with E-state index >= 15 is 0 Å². The van der Waals surface area contributed by atoms with Crippen LogP contribution in [0.15, 0.2) is 18.2 Å². The van der Waals surface area contributed by atoms with Gasteiger partial charge in [0.2, 0.25) is 5.91 Å². The van der Waals surface area contributed by atoms with Gasteiger partial charge in [-0.1, -0.05) is 6.07 Å². The molecule has 1 fully saturated rings. The van der Waals surface area contributed by atoms with E-state index in [9.17, 15) is 9.90 Å². The summed E-state index contributed by atoms with van der Waals surface area (Å²) in [5.74, 6) is -0.0452. The lowest BCUT2D eigenvalue weighted by atomic mass is 10.1. The highest BCUT2D eigenvalue weighted by atomic mass is 16.3. The van der Waals surface area contributed by atoms with Crippen LogP contribution in [0, 0.1) is 6.92 Å². The maximum Gasteiger partial charge on any atom is 0.229 e. The third-order valence-corrected chi connectivity index (χ3v) is 2.63. The van der Waals surface area contributed by atoms with Crippen LogP contribution in [-0.4, -0.2) is 23.7 Å². The molecule has 4 heteroatoms. The normalized spacial score (nSPS) is 21.1. The fourth-order valence-corrected chi connectivity index (χ4v) is 1.84. The first-order chi connectivity index (χ1) is 7.08. The van der Waals surface area contributed by atoms with E-state index in [4.69, 9.17) is 5.73 Å². The van der Waals surface area contributed by atoms with Crippen molar-refractivity contribution in [2.75, 3.05) is 17.2 Å². The fraction of sp³-hybridized carbons (Fsp3) is 0.364. The topological polar surface area (TPSA) is 66.6 Å². The number of hydrogen-bond donors (Lipinski definition) is 2. The average molecular weight is 206 g/mol. The fourth-order valence-electron chi connectivity index (χ4n) is 1.84. The summed E-state index contributed by atoms with van der Waals surface area (Å²) >= 11 is 0. The number of rotatable bonds is 1. The van der Waals surface area contributed by atoms with Gasteiger partial charge in [0.15, 0.2) is 0 Å². The van der Waals surface area contributed by atoms with Crippen LogP contribution in [0.25, 0.3) is 0 Å². The van der Waals surface area contributed by atoms with Gasteiger partial charge >= 0.3 is 0 Å². The molecule has 1 unspecified atom stereocenters. The summed E-state index contributed by atoms with van der Waals surface area (Å²) in [4.78, 5) is 13.2. The summed E-state index contributed by atoms with van der Waals surface area (Å²) < 4.78 is 0. The monoisotopic (exact) mass is 206 g/mol. The number of nitrogen functional groups attached to an aromatic ring is 1. The number of β-amino-alcohol motifs (C(OH)–C–C–N with tert-alkyl or cyclic N) is 1. The molecule has 15 heavy (non-hydrogen) atoms. The summed E-state index contributed by atoms with van der Waals surface area (Å²) in [7, 11) is 0. The molecule has 0 spiro atoms. The molecular formula is C11H14N2O2. The predicted molar refractivity (Wildman–Crippen MR) is 58.6 cm³/mol. The van der Waals surface area contributed by atoms with Gasteiger partial charge in [0.1, 0.15) is 0 Å². The molecule has 4 nitrogen and oxygen atoms in total. The van der Waals surface area contributed by atoms with E-state index in [0.717, 1.165) is 11.3 Å². The number of hydrogen-bond acceptors (Lipinski definition) is 3. The van der Waals surface area contributed by atoms with Crippen molar-refractivity contribution >= 4 is 17.3 Å². The molecule has 0 bridgehead atoms. The Kier molecular flexibility index (Phi) is 2.36. The van der Waals surface area contributed by atoms with Gasteiger partial charge in [0.25, 0.3) is 0 Å². The number of aryl methyl sites for hydroxylation is 1. The largest absolute Gasteiger partial charge is 0.399 e. The summed E-state index contributed by atoms with van der Waals surface area (Å²) in [6.07, 6.45) is -0.354. The van der Waals surface area contributed by atoms with E-state index in [-0.39, 0.29) is 12.3 Å². The van der Waals surface area contributed by atoms with E-state index in [1.807, 2.05) is 13.0 Å². The summed E-state index contributed by atoms with van der Waals surface area (Å²) in [6.45, 7) is 2.29. The van der Waals surface area contributed by atoms with Crippen LogP contribution in [0.3, 0.4) is 0 Å². The second kappa shape index (κ2) is 3.55. The third kappa shape index (κ3) is 1.80. The molecule has 2 rings (SSSR count). The second-order valence-electron chi connectivity index (χ2n) is 3.91. The maximum atomic E-state index is 11.6. The Morgan fingerprint density at radius 3 is 2.87 bits per heavy atom. The van der Waals surface area contributed by atoms with Crippen molar-refractivity contribution < 1.29 is 9.90 Å². The molecule has 1 heterocycles. The Morgan fingerprint density at radius 1 is 1.53 bits per heavy atom. The molecule has 0 radical (unpaired) electrons. The van der Waals surface area contributed by atoms with Crippen LogP contribution in [0.1, 0.15) is 12.0 Å². The molecule has 0 aromatic heterocycles. The standard InChI is InChI=1S/C11H14N2O2/c1-7-2-3-8(12)4-10(7)13-6-9(14)5-11(13)15/h2-4,9,14H,5-6,12H2,1H3. The van der Waals surface area contributed by atoms with Crippen molar-refractivity contribution in [3.05, 3.63) is 23.8 Å². The van der Waals surface area contributed by atoms with Crippen LogP contribution < -0.4 is 10.6 Å². The first-order valence-corrected chi connectivity index (χ1v) is 4.92.